The van der Waals surface area contributed by atoms with Crippen LogP contribution in [0.25, 0.3) is 11.0 Å². The molecule has 1 heterocycles. The predicted molar refractivity (Wildman–Crippen MR) is 138 cm³/mol. The molecule has 3 aromatic carbocycles. The summed E-state index contributed by atoms with van der Waals surface area (Å²) >= 11 is 6.29. The van der Waals surface area contributed by atoms with Crippen LogP contribution in [0.15, 0.2) is 68.7 Å². The lowest BCUT2D eigenvalue weighted by atomic mass is 10.1. The molecule has 0 saturated carbocycles. The molecule has 37 heavy (non-hydrogen) atoms. The van der Waals surface area contributed by atoms with Gasteiger partial charge >= 0.3 is 11.8 Å². The van der Waals surface area contributed by atoms with E-state index < -0.39 is 33.9 Å². The van der Waals surface area contributed by atoms with Gasteiger partial charge in [0, 0.05) is 16.5 Å². The lowest BCUT2D eigenvalue weighted by Gasteiger charge is -2.27. The van der Waals surface area contributed by atoms with Crippen molar-refractivity contribution in [2.45, 2.75) is 45.3 Å². The number of nitrogens with zero attached hydrogens (tertiary/aromatic N) is 1. The molecule has 0 fully saturated rings. The molecule has 0 aliphatic carbocycles. The Morgan fingerprint density at radius 2 is 1.57 bits per heavy atom. The molecule has 0 N–H and O–H groups in total. The van der Waals surface area contributed by atoms with Crippen molar-refractivity contribution in [3.63, 3.8) is 0 Å². The summed E-state index contributed by atoms with van der Waals surface area (Å²) in [7, 11) is -4.39. The van der Waals surface area contributed by atoms with Crippen LogP contribution in [0.5, 0.6) is 0 Å². The van der Waals surface area contributed by atoms with Crippen LogP contribution in [0.1, 0.15) is 33.4 Å². The van der Waals surface area contributed by atoms with Crippen LogP contribution in [0.3, 0.4) is 0 Å². The molecule has 0 unspecified atom stereocenters. The minimum atomic E-state index is -4.69. The molecule has 0 aliphatic heterocycles. The highest BCUT2D eigenvalue weighted by Crippen LogP contribution is 2.36. The molecule has 0 saturated heterocycles. The number of halogens is 4. The van der Waals surface area contributed by atoms with E-state index in [9.17, 15) is 26.4 Å². The third kappa shape index (κ3) is 5.24. The molecular weight excluding hydrogens is 527 g/mol. The lowest BCUT2D eigenvalue weighted by molar-refractivity contribution is -0.137. The number of hydrogen-bond acceptors (Lipinski definition) is 4. The van der Waals surface area contributed by atoms with Gasteiger partial charge in [-0.15, -0.1) is 0 Å². The first kappa shape index (κ1) is 26.8. The van der Waals surface area contributed by atoms with E-state index >= 15 is 0 Å². The van der Waals surface area contributed by atoms with Gasteiger partial charge in [0.1, 0.15) is 5.58 Å². The maximum atomic E-state index is 14.1. The monoisotopic (exact) mass is 549 g/mol. The number of benzene rings is 3. The molecule has 0 bridgehead atoms. The van der Waals surface area contributed by atoms with E-state index in [-0.39, 0.29) is 21.7 Å². The number of anilines is 1. The van der Waals surface area contributed by atoms with E-state index in [0.29, 0.717) is 27.1 Å². The van der Waals surface area contributed by atoms with Gasteiger partial charge in [-0.2, -0.15) is 13.2 Å². The van der Waals surface area contributed by atoms with Crippen molar-refractivity contribution in [1.82, 2.24) is 0 Å². The van der Waals surface area contributed by atoms with E-state index in [2.05, 4.69) is 0 Å². The maximum absolute atomic E-state index is 14.1. The van der Waals surface area contributed by atoms with Crippen LogP contribution >= 0.6 is 11.6 Å². The topological polar surface area (TPSA) is 67.6 Å². The summed E-state index contributed by atoms with van der Waals surface area (Å²) < 4.78 is 75.1. The highest BCUT2D eigenvalue weighted by Gasteiger charge is 2.34. The Hall–Kier alpha value is -3.30. The summed E-state index contributed by atoms with van der Waals surface area (Å²) in [5, 5.41) is 0.737. The lowest BCUT2D eigenvalue weighted by Crippen LogP contribution is -2.32. The molecule has 0 aliphatic rings. The first-order valence-corrected chi connectivity index (χ1v) is 13.0. The smallest absolute Gasteiger partial charge is 0.416 e. The molecular formula is C27H23ClF3NO4S. The van der Waals surface area contributed by atoms with Crippen LogP contribution in [-0.4, -0.2) is 8.42 Å². The number of fused-ring (bicyclic) bond motifs is 1. The summed E-state index contributed by atoms with van der Waals surface area (Å²) in [5.41, 5.74) is 0.876. The summed E-state index contributed by atoms with van der Waals surface area (Å²) in [6.07, 6.45) is -4.69. The highest BCUT2D eigenvalue weighted by atomic mass is 35.5. The van der Waals surface area contributed by atoms with Gasteiger partial charge in [-0.25, -0.2) is 13.2 Å². The zero-order chi connectivity index (χ0) is 27.3. The SMILES string of the molecule is Cc1cc(C)c(S(=O)(=O)N(Cc2cc(=O)oc3cc(C)c(Cl)cc23)c2cccc(C(F)(F)F)c2)c(C)c1. The number of hydrogen-bond donors (Lipinski definition) is 0. The molecule has 194 valence electrons. The summed E-state index contributed by atoms with van der Waals surface area (Å²) in [6.45, 7) is 6.37. The van der Waals surface area contributed by atoms with Gasteiger partial charge in [-0.05, 0) is 80.3 Å². The van der Waals surface area contributed by atoms with E-state index in [4.69, 9.17) is 16.0 Å². The largest absolute Gasteiger partial charge is 0.423 e. The van der Waals surface area contributed by atoms with Gasteiger partial charge < -0.3 is 4.42 Å². The Morgan fingerprint density at radius 3 is 2.19 bits per heavy atom. The van der Waals surface area contributed by atoms with Crippen molar-refractivity contribution < 1.29 is 26.0 Å². The van der Waals surface area contributed by atoms with Crippen molar-refractivity contribution in [2.24, 2.45) is 0 Å². The number of aryl methyl sites for hydroxylation is 4. The third-order valence-corrected chi connectivity index (χ3v) is 8.52. The molecule has 0 spiro atoms. The van der Waals surface area contributed by atoms with Crippen molar-refractivity contribution in [2.75, 3.05) is 4.31 Å². The van der Waals surface area contributed by atoms with Gasteiger partial charge in [-0.1, -0.05) is 35.4 Å². The van der Waals surface area contributed by atoms with Crippen molar-refractivity contribution in [3.8, 4) is 0 Å². The van der Waals surface area contributed by atoms with E-state index in [1.807, 2.05) is 6.92 Å². The third-order valence-electron chi connectivity index (χ3n) is 6.04. The Labute approximate surface area is 217 Å². The Balaban J connectivity index is 1.99. The summed E-state index contributed by atoms with van der Waals surface area (Å²) in [4.78, 5) is 12.3. The van der Waals surface area contributed by atoms with Gasteiger partial charge in [0.05, 0.1) is 22.7 Å². The molecule has 5 nitrogen and oxygen atoms in total. The minimum absolute atomic E-state index is 0.0170. The van der Waals surface area contributed by atoms with Crippen molar-refractivity contribution in [3.05, 3.63) is 103 Å². The van der Waals surface area contributed by atoms with Crippen LogP contribution in [0.4, 0.5) is 18.9 Å². The average Bonchev–Trinajstić information content (AvgIpc) is 2.77. The van der Waals surface area contributed by atoms with Crippen molar-refractivity contribution in [1.29, 1.82) is 0 Å². The first-order valence-electron chi connectivity index (χ1n) is 11.2. The fourth-order valence-corrected chi connectivity index (χ4v) is 6.49. The zero-order valence-corrected chi connectivity index (χ0v) is 22.0. The first-order chi connectivity index (χ1) is 17.2. The Kier molecular flexibility index (Phi) is 6.90. The number of alkyl halides is 3. The van der Waals surface area contributed by atoms with Crippen molar-refractivity contribution >= 4 is 38.3 Å². The molecule has 4 rings (SSSR count). The number of rotatable bonds is 5. The number of sulfonamides is 1. The highest BCUT2D eigenvalue weighted by molar-refractivity contribution is 7.92. The second kappa shape index (κ2) is 9.54. The quantitative estimate of drug-likeness (QED) is 0.249. The fourth-order valence-electron chi connectivity index (χ4n) is 4.47. The molecule has 10 heteroatoms. The zero-order valence-electron chi connectivity index (χ0n) is 20.4. The Bertz CT molecular complexity index is 1670. The van der Waals surface area contributed by atoms with Gasteiger partial charge in [0.25, 0.3) is 10.0 Å². The molecule has 0 atom stereocenters. The minimum Gasteiger partial charge on any atom is -0.423 e. The van der Waals surface area contributed by atoms with E-state index in [1.54, 1.807) is 45.0 Å². The molecule has 0 amide bonds. The Morgan fingerprint density at radius 1 is 0.919 bits per heavy atom. The molecule has 0 radical (unpaired) electrons. The molecule has 4 aromatic rings. The van der Waals surface area contributed by atoms with Gasteiger partial charge in [0.15, 0.2) is 0 Å². The average molecular weight is 550 g/mol. The van der Waals surface area contributed by atoms with E-state index in [0.717, 1.165) is 34.1 Å². The van der Waals surface area contributed by atoms with Crippen LogP contribution in [0, 0.1) is 27.7 Å². The second-order valence-corrected chi connectivity index (χ2v) is 11.2. The van der Waals surface area contributed by atoms with Crippen LogP contribution < -0.4 is 9.93 Å². The van der Waals surface area contributed by atoms with Gasteiger partial charge in [-0.3, -0.25) is 4.31 Å². The fraction of sp³-hybridized carbons (Fsp3) is 0.222. The summed E-state index contributed by atoms with van der Waals surface area (Å²) in [6, 6.07) is 11.7. The second-order valence-electron chi connectivity index (χ2n) is 8.98. The van der Waals surface area contributed by atoms with Gasteiger partial charge in [0.2, 0.25) is 0 Å². The molecule has 1 aromatic heterocycles. The van der Waals surface area contributed by atoms with E-state index in [1.165, 1.54) is 6.07 Å². The predicted octanol–water partition coefficient (Wildman–Crippen LogP) is 7.09. The van der Waals surface area contributed by atoms with Crippen LogP contribution in [-0.2, 0) is 22.7 Å². The standard InChI is InChI=1S/C27H23ClF3NO4S/c1-15-8-17(3)26(18(4)9-15)37(34,35)32(21-7-5-6-20(12-21)27(29,30)31)14-19-11-25(33)36-24-10-16(2)23(28)13-22(19)24/h5-13H,14H2,1-4H3. The normalized spacial score (nSPS) is 12.2. The maximum Gasteiger partial charge on any atom is 0.416 e. The summed E-state index contributed by atoms with van der Waals surface area (Å²) in [5.74, 6) is 0. The van der Waals surface area contributed by atoms with Crippen LogP contribution in [0.2, 0.25) is 5.02 Å².